The Morgan fingerprint density at radius 1 is 1.22 bits per heavy atom. The normalized spacial score (nSPS) is 13.0. The lowest BCUT2D eigenvalue weighted by Gasteiger charge is -2.18. The van der Waals surface area contributed by atoms with Crippen LogP contribution in [0.3, 0.4) is 0 Å². The average Bonchev–Trinajstić information content (AvgIpc) is 2.62. The minimum Gasteiger partial charge on any atom is -0.403 e. The first-order valence-electron chi connectivity index (χ1n) is 7.94. The number of alkyl halides is 3. The van der Waals surface area contributed by atoms with Crippen LogP contribution in [0.4, 0.5) is 18.9 Å². The Hall–Kier alpha value is -2.91. The van der Waals surface area contributed by atoms with E-state index < -0.39 is 12.1 Å². The van der Waals surface area contributed by atoms with Crippen molar-refractivity contribution in [1.82, 2.24) is 0 Å². The standard InChI is InChI=1S/C20H17ClF3N3/c1-13-10-15(4-6-18(13)21)17(20(22,23)24)5-2-14-3-7-19(27-9-8-25)16(11-14)12-26/h2-11,17,27H,25H2,1H3/b5-2+,9-8+. The molecule has 1 unspecified atom stereocenters. The van der Waals surface area contributed by atoms with Gasteiger partial charge in [-0.3, -0.25) is 0 Å². The Labute approximate surface area is 160 Å². The number of hydrogen-bond donors (Lipinski definition) is 2. The van der Waals surface area contributed by atoms with Gasteiger partial charge >= 0.3 is 6.18 Å². The van der Waals surface area contributed by atoms with Crippen molar-refractivity contribution in [2.75, 3.05) is 5.32 Å². The fraction of sp³-hybridized carbons (Fsp3) is 0.150. The number of aryl methyl sites for hydroxylation is 1. The molecule has 2 rings (SSSR count). The predicted octanol–water partition coefficient (Wildman–Crippen LogP) is 5.72. The van der Waals surface area contributed by atoms with E-state index in [0.29, 0.717) is 27.4 Å². The molecular weight excluding hydrogens is 375 g/mol. The summed E-state index contributed by atoms with van der Waals surface area (Å²) in [6.45, 7) is 1.66. The van der Waals surface area contributed by atoms with Crippen LogP contribution in [0.2, 0.25) is 5.02 Å². The summed E-state index contributed by atoms with van der Waals surface area (Å²) in [5.74, 6) is -1.78. The zero-order chi connectivity index (χ0) is 20.0. The van der Waals surface area contributed by atoms with Gasteiger partial charge in [-0.1, -0.05) is 42.0 Å². The highest BCUT2D eigenvalue weighted by Gasteiger charge is 2.38. The van der Waals surface area contributed by atoms with E-state index in [4.69, 9.17) is 17.3 Å². The minimum absolute atomic E-state index is 0.104. The maximum Gasteiger partial charge on any atom is 0.399 e. The van der Waals surface area contributed by atoms with E-state index in [1.54, 1.807) is 19.1 Å². The number of anilines is 1. The molecule has 0 radical (unpaired) electrons. The molecule has 7 heteroatoms. The fourth-order valence-corrected chi connectivity index (χ4v) is 2.62. The van der Waals surface area contributed by atoms with Gasteiger partial charge in [0.15, 0.2) is 0 Å². The van der Waals surface area contributed by atoms with Gasteiger partial charge in [-0.05, 0) is 41.8 Å². The maximum absolute atomic E-state index is 13.5. The van der Waals surface area contributed by atoms with Gasteiger partial charge in [-0.2, -0.15) is 18.4 Å². The van der Waals surface area contributed by atoms with Crippen LogP contribution in [0.15, 0.2) is 54.9 Å². The molecule has 3 N–H and O–H groups in total. The third-order valence-electron chi connectivity index (χ3n) is 3.87. The maximum atomic E-state index is 13.5. The SMILES string of the molecule is Cc1cc(C(/C=C/c2ccc(N/C=C/N)c(C#N)c2)C(F)(F)F)ccc1Cl. The quantitative estimate of drug-likeness (QED) is 0.685. The van der Waals surface area contributed by atoms with Gasteiger partial charge in [-0.25, -0.2) is 0 Å². The molecule has 0 aromatic heterocycles. The van der Waals surface area contributed by atoms with Gasteiger partial charge in [0, 0.05) is 17.4 Å². The second kappa shape index (κ2) is 8.65. The lowest BCUT2D eigenvalue weighted by Crippen LogP contribution is -2.19. The molecule has 0 heterocycles. The number of nitrogens with two attached hydrogens (primary N) is 1. The van der Waals surface area contributed by atoms with Crippen molar-refractivity contribution < 1.29 is 13.2 Å². The second-order valence-electron chi connectivity index (χ2n) is 5.81. The Kier molecular flexibility index (Phi) is 6.54. The summed E-state index contributed by atoms with van der Waals surface area (Å²) in [5, 5.41) is 12.5. The number of halogens is 4. The highest BCUT2D eigenvalue weighted by atomic mass is 35.5. The second-order valence-corrected chi connectivity index (χ2v) is 6.21. The largest absolute Gasteiger partial charge is 0.403 e. The molecule has 27 heavy (non-hydrogen) atoms. The Morgan fingerprint density at radius 2 is 1.96 bits per heavy atom. The summed E-state index contributed by atoms with van der Waals surface area (Å²) in [6, 6.07) is 11.0. The van der Waals surface area contributed by atoms with E-state index in [1.807, 2.05) is 6.07 Å². The van der Waals surface area contributed by atoms with Crippen molar-refractivity contribution in [1.29, 1.82) is 5.26 Å². The van der Waals surface area contributed by atoms with E-state index >= 15 is 0 Å². The van der Waals surface area contributed by atoms with E-state index in [1.165, 1.54) is 42.7 Å². The van der Waals surface area contributed by atoms with Gasteiger partial charge in [0.05, 0.1) is 17.2 Å². The van der Waals surface area contributed by atoms with E-state index in [9.17, 15) is 18.4 Å². The van der Waals surface area contributed by atoms with Crippen LogP contribution in [0.1, 0.15) is 28.2 Å². The average molecular weight is 392 g/mol. The lowest BCUT2D eigenvalue weighted by molar-refractivity contribution is -0.139. The van der Waals surface area contributed by atoms with Crippen molar-refractivity contribution >= 4 is 23.4 Å². The zero-order valence-electron chi connectivity index (χ0n) is 14.4. The summed E-state index contributed by atoms with van der Waals surface area (Å²) in [4.78, 5) is 0. The molecule has 0 spiro atoms. The summed E-state index contributed by atoms with van der Waals surface area (Å²) in [5.41, 5.74) is 7.21. The van der Waals surface area contributed by atoms with Crippen molar-refractivity contribution in [3.05, 3.63) is 82.2 Å². The molecule has 3 nitrogen and oxygen atoms in total. The topological polar surface area (TPSA) is 61.8 Å². The van der Waals surface area contributed by atoms with Gasteiger partial charge < -0.3 is 11.1 Å². The molecule has 0 bridgehead atoms. The van der Waals surface area contributed by atoms with Crippen LogP contribution in [0.5, 0.6) is 0 Å². The number of hydrogen-bond acceptors (Lipinski definition) is 3. The molecule has 0 fully saturated rings. The molecule has 2 aromatic rings. The number of rotatable bonds is 5. The molecule has 0 amide bonds. The molecule has 0 saturated heterocycles. The predicted molar refractivity (Wildman–Crippen MR) is 102 cm³/mol. The Bertz CT molecular complexity index is 912. The van der Waals surface area contributed by atoms with Crippen molar-refractivity contribution in [2.45, 2.75) is 19.0 Å². The third kappa shape index (κ3) is 5.28. The molecule has 2 aromatic carbocycles. The first-order chi connectivity index (χ1) is 12.8. The molecule has 0 aliphatic rings. The molecule has 140 valence electrons. The van der Waals surface area contributed by atoms with Crippen LogP contribution in [-0.4, -0.2) is 6.18 Å². The Balaban J connectivity index is 2.36. The minimum atomic E-state index is -4.46. The smallest absolute Gasteiger partial charge is 0.399 e. The summed E-state index contributed by atoms with van der Waals surface area (Å²) in [7, 11) is 0. The van der Waals surface area contributed by atoms with Crippen molar-refractivity contribution in [2.24, 2.45) is 5.73 Å². The van der Waals surface area contributed by atoms with Crippen LogP contribution < -0.4 is 11.1 Å². The van der Waals surface area contributed by atoms with Crippen LogP contribution in [0.25, 0.3) is 6.08 Å². The van der Waals surface area contributed by atoms with Gasteiger partial charge in [0.25, 0.3) is 0 Å². The highest BCUT2D eigenvalue weighted by Crippen LogP contribution is 2.37. The van der Waals surface area contributed by atoms with Crippen molar-refractivity contribution in [3.8, 4) is 6.07 Å². The molecule has 0 aliphatic carbocycles. The van der Waals surface area contributed by atoms with Crippen molar-refractivity contribution in [3.63, 3.8) is 0 Å². The van der Waals surface area contributed by atoms with E-state index in [2.05, 4.69) is 5.32 Å². The molecule has 1 atom stereocenters. The Morgan fingerprint density at radius 3 is 2.56 bits per heavy atom. The van der Waals surface area contributed by atoms with E-state index in [0.717, 1.165) is 6.08 Å². The third-order valence-corrected chi connectivity index (χ3v) is 4.30. The van der Waals surface area contributed by atoms with E-state index in [-0.39, 0.29) is 5.56 Å². The van der Waals surface area contributed by atoms with Gasteiger partial charge in [-0.15, -0.1) is 0 Å². The first kappa shape index (κ1) is 20.4. The summed E-state index contributed by atoms with van der Waals surface area (Å²) >= 11 is 5.91. The number of nitrogens with one attached hydrogen (secondary N) is 1. The van der Waals surface area contributed by atoms with Gasteiger partial charge in [0.2, 0.25) is 0 Å². The number of nitriles is 1. The highest BCUT2D eigenvalue weighted by molar-refractivity contribution is 6.31. The number of nitrogens with zero attached hydrogens (tertiary/aromatic N) is 1. The summed E-state index contributed by atoms with van der Waals surface area (Å²) in [6.07, 6.45) is 0.699. The molecule has 0 aliphatic heterocycles. The monoisotopic (exact) mass is 391 g/mol. The van der Waals surface area contributed by atoms with Crippen LogP contribution in [-0.2, 0) is 0 Å². The lowest BCUT2D eigenvalue weighted by atomic mass is 9.95. The fourth-order valence-electron chi connectivity index (χ4n) is 2.50. The summed E-state index contributed by atoms with van der Waals surface area (Å²) < 4.78 is 40.6. The molecule has 0 saturated carbocycles. The molecular formula is C20H17ClF3N3. The number of benzene rings is 2. The zero-order valence-corrected chi connectivity index (χ0v) is 15.1. The van der Waals surface area contributed by atoms with Crippen LogP contribution in [0, 0.1) is 18.3 Å². The first-order valence-corrected chi connectivity index (χ1v) is 8.32. The van der Waals surface area contributed by atoms with Gasteiger partial charge in [0.1, 0.15) is 6.07 Å². The number of allylic oxidation sites excluding steroid dienone is 1. The van der Waals surface area contributed by atoms with Crippen LogP contribution >= 0.6 is 11.6 Å².